The van der Waals surface area contributed by atoms with Gasteiger partial charge in [-0.25, -0.2) is 0 Å². The molecule has 2 atom stereocenters. The van der Waals surface area contributed by atoms with E-state index in [1.165, 1.54) is 12.8 Å². The van der Waals surface area contributed by atoms with Gasteiger partial charge in [0.2, 0.25) is 0 Å². The third-order valence-electron chi connectivity index (χ3n) is 1.93. The van der Waals surface area contributed by atoms with Crippen molar-refractivity contribution in [3.05, 3.63) is 0 Å². The van der Waals surface area contributed by atoms with Crippen LogP contribution in [0, 0.1) is 5.92 Å². The Morgan fingerprint density at radius 3 is 1.64 bits per heavy atom. The summed E-state index contributed by atoms with van der Waals surface area (Å²) in [5.74, 6) is 0.865. The van der Waals surface area contributed by atoms with Gasteiger partial charge in [-0.05, 0) is 32.6 Å². The normalized spacial score (nSPS) is 37.4. The van der Waals surface area contributed by atoms with Gasteiger partial charge in [0.15, 0.2) is 0 Å². The molecule has 1 rings (SSSR count). The van der Waals surface area contributed by atoms with Crippen LogP contribution >= 0.6 is 0 Å². The smallest absolute Gasteiger partial charge is 0.0553 e. The van der Waals surface area contributed by atoms with Crippen molar-refractivity contribution < 1.29 is 6.16 Å². The predicted molar refractivity (Wildman–Crippen MR) is 51.9 cm³/mol. The van der Waals surface area contributed by atoms with Crippen LogP contribution in [0.1, 0.15) is 48.9 Å². The van der Waals surface area contributed by atoms with Crippen LogP contribution in [0.5, 0.6) is 0 Å². The highest BCUT2D eigenvalue weighted by Crippen LogP contribution is 2.23. The molecule has 1 heteroatoms. The highest BCUT2D eigenvalue weighted by atomic mass is 16.5. The fraction of sp³-hybridized carbons (Fsp3) is 1.00. The lowest BCUT2D eigenvalue weighted by molar-refractivity contribution is -0.0485. The molecule has 1 aliphatic rings. The second-order valence-electron chi connectivity index (χ2n) is 3.33. The van der Waals surface area contributed by atoms with Crippen LogP contribution in [0.4, 0.5) is 0 Å². The highest BCUT2D eigenvalue weighted by Gasteiger charge is 2.20. The lowest BCUT2D eigenvalue weighted by Crippen LogP contribution is -2.27. The summed E-state index contributed by atoms with van der Waals surface area (Å²) in [6.07, 6.45) is 3.46. The SMILES string of the molecule is CC.CC1CC(C)OC(C)C1.[HH]. The molecule has 0 aromatic rings. The molecule has 0 saturated carbocycles. The summed E-state index contributed by atoms with van der Waals surface area (Å²) in [5, 5.41) is 0. The average molecular weight is 160 g/mol. The fourth-order valence-corrected chi connectivity index (χ4v) is 1.74. The van der Waals surface area contributed by atoms with Gasteiger partial charge in [-0.3, -0.25) is 0 Å². The summed E-state index contributed by atoms with van der Waals surface area (Å²) >= 11 is 0. The molecule has 0 aromatic heterocycles. The van der Waals surface area contributed by atoms with E-state index in [0.717, 1.165) is 5.92 Å². The van der Waals surface area contributed by atoms with Crippen LogP contribution in [0.2, 0.25) is 0 Å². The summed E-state index contributed by atoms with van der Waals surface area (Å²) < 4.78 is 5.56. The topological polar surface area (TPSA) is 9.23 Å². The second kappa shape index (κ2) is 5.59. The standard InChI is InChI=1S/C8H16O.C2H6.H2/c1-6-4-7(2)9-8(3)5-6;1-2;/h6-8H,4-5H2,1-3H3;1-2H3;1H. The summed E-state index contributed by atoms with van der Waals surface area (Å²) in [7, 11) is 0. The molecule has 1 heterocycles. The van der Waals surface area contributed by atoms with Gasteiger partial charge in [0.25, 0.3) is 0 Å². The Labute approximate surface area is 72.6 Å². The van der Waals surface area contributed by atoms with E-state index in [1.807, 2.05) is 13.8 Å². The molecule has 0 amide bonds. The number of rotatable bonds is 0. The zero-order valence-electron chi connectivity index (χ0n) is 8.55. The first-order valence-electron chi connectivity index (χ1n) is 4.84. The molecular formula is C10H24O. The molecule has 0 bridgehead atoms. The van der Waals surface area contributed by atoms with Gasteiger partial charge in [-0.1, -0.05) is 20.8 Å². The monoisotopic (exact) mass is 160 g/mol. The van der Waals surface area contributed by atoms with Crippen LogP contribution in [-0.4, -0.2) is 12.2 Å². The van der Waals surface area contributed by atoms with Crippen LogP contribution in [0.3, 0.4) is 0 Å². The molecule has 11 heavy (non-hydrogen) atoms. The van der Waals surface area contributed by atoms with Crippen molar-refractivity contribution in [2.24, 2.45) is 5.92 Å². The first-order valence-corrected chi connectivity index (χ1v) is 4.84. The molecule has 0 aliphatic carbocycles. The maximum atomic E-state index is 5.56. The Morgan fingerprint density at radius 2 is 1.36 bits per heavy atom. The Morgan fingerprint density at radius 1 is 1.00 bits per heavy atom. The maximum absolute atomic E-state index is 5.56. The maximum Gasteiger partial charge on any atom is 0.0553 e. The molecule has 70 valence electrons. The molecular weight excluding hydrogens is 136 g/mol. The Bertz CT molecular complexity index is 70.8. The molecule has 1 saturated heterocycles. The van der Waals surface area contributed by atoms with Crippen molar-refractivity contribution in [1.82, 2.24) is 0 Å². The van der Waals surface area contributed by atoms with Gasteiger partial charge in [-0.15, -0.1) is 0 Å². The molecule has 1 aliphatic heterocycles. The molecule has 0 N–H and O–H groups in total. The predicted octanol–water partition coefficient (Wildman–Crippen LogP) is 3.48. The summed E-state index contributed by atoms with van der Waals surface area (Å²) in [4.78, 5) is 0. The Hall–Kier alpha value is -0.0400. The average Bonchev–Trinajstić information content (AvgIpc) is 1.88. The lowest BCUT2D eigenvalue weighted by Gasteiger charge is -2.29. The van der Waals surface area contributed by atoms with E-state index in [-0.39, 0.29) is 1.43 Å². The molecule has 1 fully saturated rings. The largest absolute Gasteiger partial charge is 0.376 e. The lowest BCUT2D eigenvalue weighted by atomic mass is 9.95. The fourth-order valence-electron chi connectivity index (χ4n) is 1.74. The van der Waals surface area contributed by atoms with Crippen LogP contribution in [-0.2, 0) is 4.74 Å². The van der Waals surface area contributed by atoms with Gasteiger partial charge < -0.3 is 4.74 Å². The molecule has 1 nitrogen and oxygen atoms in total. The van der Waals surface area contributed by atoms with Crippen LogP contribution in [0.25, 0.3) is 0 Å². The molecule has 2 unspecified atom stereocenters. The third kappa shape index (κ3) is 4.41. The first kappa shape index (κ1) is 11.0. The minimum absolute atomic E-state index is 0. The zero-order chi connectivity index (χ0) is 8.85. The summed E-state index contributed by atoms with van der Waals surface area (Å²) in [6, 6.07) is 0. The van der Waals surface area contributed by atoms with E-state index in [9.17, 15) is 0 Å². The quantitative estimate of drug-likeness (QED) is 0.527. The highest BCUT2D eigenvalue weighted by molar-refractivity contribution is 4.69. The minimum atomic E-state index is 0. The zero-order valence-corrected chi connectivity index (χ0v) is 8.55. The molecule has 0 aromatic carbocycles. The van der Waals surface area contributed by atoms with Crippen LogP contribution < -0.4 is 0 Å². The van der Waals surface area contributed by atoms with Crippen LogP contribution in [0.15, 0.2) is 0 Å². The van der Waals surface area contributed by atoms with Gasteiger partial charge in [0.1, 0.15) is 0 Å². The second-order valence-corrected chi connectivity index (χ2v) is 3.33. The van der Waals surface area contributed by atoms with Crippen molar-refractivity contribution in [2.75, 3.05) is 0 Å². The minimum Gasteiger partial charge on any atom is -0.376 e. The van der Waals surface area contributed by atoms with Gasteiger partial charge >= 0.3 is 0 Å². The Balaban J connectivity index is 0. The van der Waals surface area contributed by atoms with Crippen molar-refractivity contribution in [3.63, 3.8) is 0 Å². The van der Waals surface area contributed by atoms with E-state index in [2.05, 4.69) is 20.8 Å². The first-order chi connectivity index (χ1) is 5.18. The third-order valence-corrected chi connectivity index (χ3v) is 1.93. The van der Waals surface area contributed by atoms with Crippen molar-refractivity contribution in [3.8, 4) is 0 Å². The van der Waals surface area contributed by atoms with E-state index < -0.39 is 0 Å². The molecule has 0 spiro atoms. The van der Waals surface area contributed by atoms with E-state index in [4.69, 9.17) is 4.74 Å². The van der Waals surface area contributed by atoms with E-state index >= 15 is 0 Å². The van der Waals surface area contributed by atoms with Crippen molar-refractivity contribution in [1.29, 1.82) is 0 Å². The van der Waals surface area contributed by atoms with E-state index in [0.29, 0.717) is 12.2 Å². The number of hydrogen-bond acceptors (Lipinski definition) is 1. The summed E-state index contributed by atoms with van der Waals surface area (Å²) in [6.45, 7) is 10.6. The van der Waals surface area contributed by atoms with Gasteiger partial charge in [0, 0.05) is 1.43 Å². The van der Waals surface area contributed by atoms with Gasteiger partial charge in [0.05, 0.1) is 12.2 Å². The van der Waals surface area contributed by atoms with Crippen molar-refractivity contribution >= 4 is 0 Å². The van der Waals surface area contributed by atoms with E-state index in [1.54, 1.807) is 0 Å². The summed E-state index contributed by atoms with van der Waals surface area (Å²) in [5.41, 5.74) is 0. The number of hydrogen-bond donors (Lipinski definition) is 0. The Kier molecular flexibility index (Phi) is 5.57. The molecule has 0 radical (unpaired) electrons. The van der Waals surface area contributed by atoms with Gasteiger partial charge in [-0.2, -0.15) is 0 Å². The number of ether oxygens (including phenoxy) is 1. The van der Waals surface area contributed by atoms with Crippen molar-refractivity contribution in [2.45, 2.75) is 59.7 Å².